The summed E-state index contributed by atoms with van der Waals surface area (Å²) in [6.45, 7) is 3.98. The maximum Gasteiger partial charge on any atom is 1.00 e. The summed E-state index contributed by atoms with van der Waals surface area (Å²) in [5, 5.41) is 9.79. The van der Waals surface area contributed by atoms with E-state index in [2.05, 4.69) is 0 Å². The second kappa shape index (κ2) is 6.59. The minimum Gasteiger partial charge on any atom is -0.550 e. The summed E-state index contributed by atoms with van der Waals surface area (Å²) in [6, 6.07) is 0. The average Bonchev–Trinajstić information content (AvgIpc) is 1.61. The molecule has 0 aromatic rings. The minimum absolute atomic E-state index is 0. The van der Waals surface area contributed by atoms with E-state index >= 15 is 0 Å². The fourth-order valence-electron chi connectivity index (χ4n) is 0.407. The molecule has 3 heteroatoms. The predicted molar refractivity (Wildman–Crippen MR) is 29.1 cm³/mol. The van der Waals surface area contributed by atoms with Gasteiger partial charge in [0.15, 0.2) is 0 Å². The van der Waals surface area contributed by atoms with Gasteiger partial charge in [-0.3, -0.25) is 0 Å². The molecule has 0 bridgehead atoms. The van der Waals surface area contributed by atoms with Crippen molar-refractivity contribution in [1.29, 1.82) is 0 Å². The smallest absolute Gasteiger partial charge is 0.550 e. The maximum absolute atomic E-state index is 9.79. The molecule has 0 aromatic heterocycles. The predicted octanol–water partition coefficient (Wildman–Crippen LogP) is -2.82. The standard InChI is InChI=1S/C6H12O2.Na/c1-5(2)3-4-6(7)8;/h5H,3-4H2,1-2H3,(H,7,8);/q;+1/p-1. The topological polar surface area (TPSA) is 40.1 Å². The van der Waals surface area contributed by atoms with Crippen LogP contribution in [0.3, 0.4) is 0 Å². The van der Waals surface area contributed by atoms with Crippen LogP contribution in [0.1, 0.15) is 26.7 Å². The number of carboxylic acids is 1. The molecule has 0 rings (SSSR count). The Hall–Kier alpha value is 0.470. The van der Waals surface area contributed by atoms with Crippen molar-refractivity contribution in [1.82, 2.24) is 0 Å². The van der Waals surface area contributed by atoms with E-state index in [9.17, 15) is 9.90 Å². The Morgan fingerprint density at radius 3 is 2.11 bits per heavy atom. The quantitative estimate of drug-likeness (QED) is 0.395. The summed E-state index contributed by atoms with van der Waals surface area (Å²) < 4.78 is 0. The number of hydrogen-bond acceptors (Lipinski definition) is 2. The van der Waals surface area contributed by atoms with Crippen LogP contribution in [-0.2, 0) is 4.79 Å². The first-order valence-electron chi connectivity index (χ1n) is 2.82. The van der Waals surface area contributed by atoms with Gasteiger partial charge in [-0.2, -0.15) is 0 Å². The fourth-order valence-corrected chi connectivity index (χ4v) is 0.407. The largest absolute Gasteiger partial charge is 1.00 e. The summed E-state index contributed by atoms with van der Waals surface area (Å²) >= 11 is 0. The average molecular weight is 138 g/mol. The molecular formula is C6H11NaO2. The van der Waals surface area contributed by atoms with Crippen molar-refractivity contribution in [2.75, 3.05) is 0 Å². The minimum atomic E-state index is -0.946. The molecule has 0 atom stereocenters. The number of carbonyl (C=O) groups is 1. The van der Waals surface area contributed by atoms with Crippen molar-refractivity contribution in [3.05, 3.63) is 0 Å². The summed E-state index contributed by atoms with van der Waals surface area (Å²) in [6.07, 6.45) is 0.917. The van der Waals surface area contributed by atoms with Gasteiger partial charge in [0.2, 0.25) is 0 Å². The van der Waals surface area contributed by atoms with Crippen LogP contribution in [0.2, 0.25) is 0 Å². The van der Waals surface area contributed by atoms with Gasteiger partial charge in [0.1, 0.15) is 0 Å². The Kier molecular flexibility index (Phi) is 8.91. The van der Waals surface area contributed by atoms with Gasteiger partial charge in [-0.1, -0.05) is 13.8 Å². The third kappa shape index (κ3) is 11.8. The molecule has 0 heterocycles. The van der Waals surface area contributed by atoms with E-state index < -0.39 is 5.97 Å². The molecule has 0 aliphatic heterocycles. The summed E-state index contributed by atoms with van der Waals surface area (Å²) in [7, 11) is 0. The summed E-state index contributed by atoms with van der Waals surface area (Å²) in [5.74, 6) is -0.480. The molecule has 0 saturated heterocycles. The number of rotatable bonds is 3. The molecular weight excluding hydrogens is 127 g/mol. The maximum atomic E-state index is 9.79. The zero-order valence-electron chi connectivity index (χ0n) is 6.31. The first-order valence-corrected chi connectivity index (χ1v) is 2.82. The molecule has 0 saturated carbocycles. The molecule has 0 aromatic carbocycles. The molecule has 0 aliphatic carbocycles. The van der Waals surface area contributed by atoms with Crippen LogP contribution in [0, 0.1) is 5.92 Å². The van der Waals surface area contributed by atoms with Crippen LogP contribution in [-0.4, -0.2) is 5.97 Å². The second-order valence-electron chi connectivity index (χ2n) is 2.30. The third-order valence-corrected chi connectivity index (χ3v) is 0.926. The van der Waals surface area contributed by atoms with Gasteiger partial charge in [-0.15, -0.1) is 0 Å². The van der Waals surface area contributed by atoms with Crippen LogP contribution in [0.15, 0.2) is 0 Å². The molecule has 0 unspecified atom stereocenters. The van der Waals surface area contributed by atoms with Crippen LogP contribution in [0.5, 0.6) is 0 Å². The molecule has 48 valence electrons. The van der Waals surface area contributed by atoms with Gasteiger partial charge in [0.25, 0.3) is 0 Å². The van der Waals surface area contributed by atoms with Crippen molar-refractivity contribution in [2.45, 2.75) is 26.7 Å². The monoisotopic (exact) mass is 138 g/mol. The third-order valence-electron chi connectivity index (χ3n) is 0.926. The Labute approximate surface area is 77.9 Å². The molecule has 2 nitrogen and oxygen atoms in total. The van der Waals surface area contributed by atoms with E-state index in [1.807, 2.05) is 13.8 Å². The first kappa shape index (κ1) is 12.2. The van der Waals surface area contributed by atoms with Crippen LogP contribution in [0.4, 0.5) is 0 Å². The zero-order chi connectivity index (χ0) is 6.57. The summed E-state index contributed by atoms with van der Waals surface area (Å²) in [5.41, 5.74) is 0. The van der Waals surface area contributed by atoms with Crippen LogP contribution < -0.4 is 34.7 Å². The van der Waals surface area contributed by atoms with Crippen molar-refractivity contribution in [2.24, 2.45) is 5.92 Å². The zero-order valence-corrected chi connectivity index (χ0v) is 8.31. The number of hydrogen-bond donors (Lipinski definition) is 0. The van der Waals surface area contributed by atoms with E-state index in [-0.39, 0.29) is 36.0 Å². The van der Waals surface area contributed by atoms with Crippen molar-refractivity contribution < 1.29 is 39.5 Å². The Balaban J connectivity index is 0. The van der Waals surface area contributed by atoms with Crippen LogP contribution >= 0.6 is 0 Å². The van der Waals surface area contributed by atoms with E-state index in [1.165, 1.54) is 0 Å². The Bertz CT molecular complexity index is 81.1. The molecule has 0 spiro atoms. The molecule has 0 amide bonds. The number of carbonyl (C=O) groups excluding carboxylic acids is 1. The molecule has 0 radical (unpaired) electrons. The molecule has 9 heavy (non-hydrogen) atoms. The van der Waals surface area contributed by atoms with Gasteiger partial charge in [0.05, 0.1) is 0 Å². The van der Waals surface area contributed by atoms with Gasteiger partial charge < -0.3 is 9.90 Å². The normalized spacial score (nSPS) is 8.78. The van der Waals surface area contributed by atoms with Crippen molar-refractivity contribution >= 4 is 5.97 Å². The second-order valence-corrected chi connectivity index (χ2v) is 2.30. The number of aliphatic carboxylic acids is 1. The van der Waals surface area contributed by atoms with Gasteiger partial charge in [-0.25, -0.2) is 0 Å². The molecule has 0 N–H and O–H groups in total. The number of carboxylic acid groups (broad SMARTS) is 1. The first-order chi connectivity index (χ1) is 3.63. The van der Waals surface area contributed by atoms with Gasteiger partial charge >= 0.3 is 29.6 Å². The molecule has 0 aliphatic rings. The summed E-state index contributed by atoms with van der Waals surface area (Å²) in [4.78, 5) is 9.79. The SMILES string of the molecule is CC(C)CCC(=O)[O-].[Na+]. The fraction of sp³-hybridized carbons (Fsp3) is 0.833. The van der Waals surface area contributed by atoms with Gasteiger partial charge in [0, 0.05) is 5.97 Å². The molecule has 0 fully saturated rings. The van der Waals surface area contributed by atoms with E-state index in [1.54, 1.807) is 0 Å². The van der Waals surface area contributed by atoms with Gasteiger partial charge in [-0.05, 0) is 18.8 Å². The van der Waals surface area contributed by atoms with Crippen molar-refractivity contribution in [3.8, 4) is 0 Å². The van der Waals surface area contributed by atoms with E-state index in [0.717, 1.165) is 6.42 Å². The van der Waals surface area contributed by atoms with E-state index in [0.29, 0.717) is 5.92 Å². The van der Waals surface area contributed by atoms with Crippen LogP contribution in [0.25, 0.3) is 0 Å². The Morgan fingerprint density at radius 2 is 2.00 bits per heavy atom. The Morgan fingerprint density at radius 1 is 1.56 bits per heavy atom. The van der Waals surface area contributed by atoms with Crippen molar-refractivity contribution in [3.63, 3.8) is 0 Å². The van der Waals surface area contributed by atoms with E-state index in [4.69, 9.17) is 0 Å².